The monoisotopic (exact) mass is 212 g/mol. The highest BCUT2D eigenvalue weighted by Gasteiger charge is 2.18. The van der Waals surface area contributed by atoms with Gasteiger partial charge < -0.3 is 15.0 Å². The van der Waals surface area contributed by atoms with E-state index in [1.165, 1.54) is 38.8 Å². The third-order valence-corrected chi connectivity index (χ3v) is 3.58. The number of nitrogens with zero attached hydrogens (tertiary/aromatic N) is 1. The summed E-state index contributed by atoms with van der Waals surface area (Å²) >= 11 is 0. The molecule has 88 valence electrons. The standard InChI is InChI=1S/C12H24N2O/c1-11-4-5-12(10-13-11)15-9-8-14-6-2-3-7-14/h11-13H,2-10H2,1H3. The lowest BCUT2D eigenvalue weighted by atomic mass is 10.0. The van der Waals surface area contributed by atoms with Crippen molar-refractivity contribution in [3.63, 3.8) is 0 Å². The van der Waals surface area contributed by atoms with Crippen LogP contribution in [0.4, 0.5) is 0 Å². The van der Waals surface area contributed by atoms with Gasteiger partial charge in [0, 0.05) is 19.1 Å². The number of ether oxygens (including phenoxy) is 1. The molecule has 2 fully saturated rings. The minimum atomic E-state index is 0.462. The van der Waals surface area contributed by atoms with Gasteiger partial charge in [0.1, 0.15) is 0 Å². The topological polar surface area (TPSA) is 24.5 Å². The molecule has 2 saturated heterocycles. The van der Waals surface area contributed by atoms with E-state index in [1.54, 1.807) is 0 Å². The number of rotatable bonds is 4. The van der Waals surface area contributed by atoms with Crippen LogP contribution >= 0.6 is 0 Å². The highest BCUT2D eigenvalue weighted by atomic mass is 16.5. The Labute approximate surface area is 93.2 Å². The van der Waals surface area contributed by atoms with E-state index in [0.29, 0.717) is 12.1 Å². The molecule has 2 aliphatic heterocycles. The Kier molecular flexibility index (Phi) is 4.42. The van der Waals surface area contributed by atoms with E-state index in [0.717, 1.165) is 19.7 Å². The Morgan fingerprint density at radius 3 is 2.73 bits per heavy atom. The minimum Gasteiger partial charge on any atom is -0.376 e. The van der Waals surface area contributed by atoms with Gasteiger partial charge in [0.15, 0.2) is 0 Å². The predicted octanol–water partition coefficient (Wildman–Crippen LogP) is 1.24. The lowest BCUT2D eigenvalue weighted by molar-refractivity contribution is 0.0211. The molecule has 0 aromatic rings. The number of hydrogen-bond acceptors (Lipinski definition) is 3. The van der Waals surface area contributed by atoms with Crippen molar-refractivity contribution in [3.8, 4) is 0 Å². The van der Waals surface area contributed by atoms with Gasteiger partial charge >= 0.3 is 0 Å². The van der Waals surface area contributed by atoms with Gasteiger partial charge in [-0.1, -0.05) is 0 Å². The van der Waals surface area contributed by atoms with Crippen molar-refractivity contribution in [1.82, 2.24) is 10.2 Å². The molecule has 2 aliphatic rings. The van der Waals surface area contributed by atoms with E-state index < -0.39 is 0 Å². The van der Waals surface area contributed by atoms with Gasteiger partial charge in [-0.2, -0.15) is 0 Å². The Morgan fingerprint density at radius 1 is 1.27 bits per heavy atom. The van der Waals surface area contributed by atoms with Crippen LogP contribution in [-0.2, 0) is 4.74 Å². The van der Waals surface area contributed by atoms with Crippen LogP contribution in [-0.4, -0.2) is 49.8 Å². The van der Waals surface area contributed by atoms with Crippen molar-refractivity contribution in [2.75, 3.05) is 32.8 Å². The Balaban J connectivity index is 1.53. The van der Waals surface area contributed by atoms with Gasteiger partial charge in [-0.3, -0.25) is 0 Å². The molecule has 2 rings (SSSR count). The molecule has 3 heteroatoms. The zero-order chi connectivity index (χ0) is 10.5. The van der Waals surface area contributed by atoms with Crippen molar-refractivity contribution < 1.29 is 4.74 Å². The van der Waals surface area contributed by atoms with E-state index in [4.69, 9.17) is 4.74 Å². The van der Waals surface area contributed by atoms with Crippen LogP contribution in [0.2, 0.25) is 0 Å². The van der Waals surface area contributed by atoms with E-state index in [-0.39, 0.29) is 0 Å². The zero-order valence-corrected chi connectivity index (χ0v) is 9.87. The summed E-state index contributed by atoms with van der Waals surface area (Å²) in [4.78, 5) is 2.51. The maximum atomic E-state index is 5.89. The van der Waals surface area contributed by atoms with Gasteiger partial charge in [-0.25, -0.2) is 0 Å². The molecule has 2 heterocycles. The molecular weight excluding hydrogens is 188 g/mol. The lowest BCUT2D eigenvalue weighted by Crippen LogP contribution is -2.41. The van der Waals surface area contributed by atoms with Gasteiger partial charge in [0.25, 0.3) is 0 Å². The van der Waals surface area contributed by atoms with Crippen molar-refractivity contribution >= 4 is 0 Å². The van der Waals surface area contributed by atoms with Crippen molar-refractivity contribution in [3.05, 3.63) is 0 Å². The Bertz CT molecular complexity index is 172. The van der Waals surface area contributed by atoms with Crippen molar-refractivity contribution in [2.24, 2.45) is 0 Å². The molecule has 0 radical (unpaired) electrons. The van der Waals surface area contributed by atoms with Crippen LogP contribution in [0.1, 0.15) is 32.6 Å². The average molecular weight is 212 g/mol. The summed E-state index contributed by atoms with van der Waals surface area (Å²) in [6.07, 6.45) is 5.71. The largest absolute Gasteiger partial charge is 0.376 e. The van der Waals surface area contributed by atoms with Gasteiger partial charge in [0.05, 0.1) is 12.7 Å². The molecule has 2 atom stereocenters. The smallest absolute Gasteiger partial charge is 0.0700 e. The van der Waals surface area contributed by atoms with Gasteiger partial charge in [-0.15, -0.1) is 0 Å². The maximum absolute atomic E-state index is 5.89. The summed E-state index contributed by atoms with van der Waals surface area (Å²) in [5.74, 6) is 0. The van der Waals surface area contributed by atoms with E-state index in [1.807, 2.05) is 0 Å². The molecular formula is C12H24N2O. The second-order valence-electron chi connectivity index (χ2n) is 4.93. The SMILES string of the molecule is CC1CCC(OCCN2CCCC2)CN1. The number of nitrogens with one attached hydrogen (secondary N) is 1. The predicted molar refractivity (Wildman–Crippen MR) is 62.1 cm³/mol. The fraction of sp³-hybridized carbons (Fsp3) is 1.00. The molecule has 3 nitrogen and oxygen atoms in total. The molecule has 2 unspecified atom stereocenters. The van der Waals surface area contributed by atoms with Crippen LogP contribution in [0.25, 0.3) is 0 Å². The first-order valence-corrected chi connectivity index (χ1v) is 6.42. The molecule has 0 bridgehead atoms. The normalized spacial score (nSPS) is 33.4. The Hall–Kier alpha value is -0.120. The summed E-state index contributed by atoms with van der Waals surface area (Å²) in [6.45, 7) is 7.90. The first-order valence-electron chi connectivity index (χ1n) is 6.42. The van der Waals surface area contributed by atoms with Crippen LogP contribution in [0.15, 0.2) is 0 Å². The number of likely N-dealkylation sites (tertiary alicyclic amines) is 1. The summed E-state index contributed by atoms with van der Waals surface area (Å²) in [5.41, 5.74) is 0. The van der Waals surface area contributed by atoms with Crippen LogP contribution in [0, 0.1) is 0 Å². The molecule has 0 amide bonds. The molecule has 0 aliphatic carbocycles. The number of piperidine rings is 1. The first kappa shape index (κ1) is 11.4. The third kappa shape index (κ3) is 3.74. The molecule has 0 aromatic carbocycles. The summed E-state index contributed by atoms with van der Waals surface area (Å²) in [7, 11) is 0. The van der Waals surface area contributed by atoms with Crippen molar-refractivity contribution in [2.45, 2.75) is 44.8 Å². The van der Waals surface area contributed by atoms with E-state index in [2.05, 4.69) is 17.1 Å². The molecule has 0 saturated carbocycles. The molecule has 15 heavy (non-hydrogen) atoms. The highest BCUT2D eigenvalue weighted by molar-refractivity contribution is 4.75. The molecule has 0 aromatic heterocycles. The van der Waals surface area contributed by atoms with Crippen LogP contribution in [0.3, 0.4) is 0 Å². The Morgan fingerprint density at radius 2 is 2.07 bits per heavy atom. The fourth-order valence-corrected chi connectivity index (χ4v) is 2.47. The van der Waals surface area contributed by atoms with Crippen LogP contribution < -0.4 is 5.32 Å². The quantitative estimate of drug-likeness (QED) is 0.759. The third-order valence-electron chi connectivity index (χ3n) is 3.58. The summed E-state index contributed by atoms with van der Waals surface area (Å²) in [5, 5.41) is 3.47. The van der Waals surface area contributed by atoms with Crippen LogP contribution in [0.5, 0.6) is 0 Å². The summed E-state index contributed by atoms with van der Waals surface area (Å²) < 4.78 is 5.89. The first-order chi connectivity index (χ1) is 7.34. The maximum Gasteiger partial charge on any atom is 0.0700 e. The highest BCUT2D eigenvalue weighted by Crippen LogP contribution is 2.11. The fourth-order valence-electron chi connectivity index (χ4n) is 2.47. The average Bonchev–Trinajstić information content (AvgIpc) is 2.74. The molecule has 1 N–H and O–H groups in total. The van der Waals surface area contributed by atoms with E-state index >= 15 is 0 Å². The minimum absolute atomic E-state index is 0.462. The van der Waals surface area contributed by atoms with Gasteiger partial charge in [-0.05, 0) is 45.7 Å². The second kappa shape index (κ2) is 5.83. The summed E-state index contributed by atoms with van der Waals surface area (Å²) in [6, 6.07) is 0.684. The lowest BCUT2D eigenvalue weighted by Gasteiger charge is -2.28. The van der Waals surface area contributed by atoms with Gasteiger partial charge in [0.2, 0.25) is 0 Å². The second-order valence-corrected chi connectivity index (χ2v) is 4.93. The molecule has 0 spiro atoms. The van der Waals surface area contributed by atoms with Crippen molar-refractivity contribution in [1.29, 1.82) is 0 Å². The van der Waals surface area contributed by atoms with E-state index in [9.17, 15) is 0 Å². The zero-order valence-electron chi connectivity index (χ0n) is 9.87. The number of hydrogen-bond donors (Lipinski definition) is 1.